The predicted octanol–water partition coefficient (Wildman–Crippen LogP) is -0.679. The van der Waals surface area contributed by atoms with E-state index in [9.17, 15) is 13.2 Å². The summed E-state index contributed by atoms with van der Waals surface area (Å²) in [6.07, 6.45) is 0.574. The predicted molar refractivity (Wildman–Crippen MR) is 64.3 cm³/mol. The van der Waals surface area contributed by atoms with Crippen molar-refractivity contribution in [2.24, 2.45) is 0 Å². The molecule has 102 valence electrons. The highest BCUT2D eigenvalue weighted by molar-refractivity contribution is 7.89. The highest BCUT2D eigenvalue weighted by Gasteiger charge is 2.30. The Morgan fingerprint density at radius 1 is 1.39 bits per heavy atom. The summed E-state index contributed by atoms with van der Waals surface area (Å²) in [7, 11) is -3.59. The summed E-state index contributed by atoms with van der Waals surface area (Å²) in [4.78, 5) is 12.3. The van der Waals surface area contributed by atoms with Gasteiger partial charge >= 0.3 is 5.97 Å². The first kappa shape index (κ1) is 14.9. The van der Waals surface area contributed by atoms with Crippen molar-refractivity contribution in [1.29, 1.82) is 5.26 Å². The van der Waals surface area contributed by atoms with Gasteiger partial charge in [0.2, 0.25) is 10.0 Å². The van der Waals surface area contributed by atoms with Crippen LogP contribution in [0.25, 0.3) is 0 Å². The fourth-order valence-electron chi connectivity index (χ4n) is 1.84. The molecule has 0 radical (unpaired) electrons. The molecule has 0 amide bonds. The average Bonchev–Trinajstić information content (AvgIpc) is 2.53. The smallest absolute Gasteiger partial charge is 0.317 e. The maximum atomic E-state index is 12.0. The molecule has 0 aromatic carbocycles. The lowest BCUT2D eigenvalue weighted by molar-refractivity contribution is -0.138. The topological polar surface area (TPSA) is 102 Å². The molecule has 0 bridgehead atoms. The molecule has 1 unspecified atom stereocenters. The number of hydrogen-bond donors (Lipinski definition) is 1. The molecule has 8 heteroatoms. The van der Waals surface area contributed by atoms with Gasteiger partial charge in [0.05, 0.1) is 12.6 Å². The molecule has 7 nitrogen and oxygen atoms in total. The van der Waals surface area contributed by atoms with Crippen LogP contribution in [0, 0.1) is 11.3 Å². The number of nitriles is 1. The summed E-state index contributed by atoms with van der Waals surface area (Å²) in [5, 5.41) is 16.3. The summed E-state index contributed by atoms with van der Waals surface area (Å²) < 4.78 is 25.2. The van der Waals surface area contributed by atoms with Gasteiger partial charge in [0.25, 0.3) is 0 Å². The van der Waals surface area contributed by atoms with E-state index in [-0.39, 0.29) is 13.1 Å². The third-order valence-electron chi connectivity index (χ3n) is 2.89. The van der Waals surface area contributed by atoms with Crippen molar-refractivity contribution in [2.75, 3.05) is 32.7 Å². The van der Waals surface area contributed by atoms with Gasteiger partial charge in [-0.25, -0.2) is 8.42 Å². The molecule has 1 aliphatic rings. The second-order valence-electron chi connectivity index (χ2n) is 4.24. The maximum absolute atomic E-state index is 12.0. The van der Waals surface area contributed by atoms with Crippen LogP contribution >= 0.6 is 0 Å². The van der Waals surface area contributed by atoms with E-state index in [0.717, 1.165) is 0 Å². The molecule has 1 atom stereocenters. The highest BCUT2D eigenvalue weighted by atomic mass is 32.2. The fraction of sp³-hybridized carbons (Fsp3) is 0.800. The molecule has 1 fully saturated rings. The van der Waals surface area contributed by atoms with E-state index in [1.54, 1.807) is 11.0 Å². The Labute approximate surface area is 107 Å². The minimum atomic E-state index is -3.59. The van der Waals surface area contributed by atoms with E-state index < -0.39 is 21.2 Å². The number of rotatable bonds is 4. The van der Waals surface area contributed by atoms with Crippen LogP contribution in [-0.4, -0.2) is 66.7 Å². The number of carbonyl (C=O) groups is 1. The van der Waals surface area contributed by atoms with Crippen molar-refractivity contribution in [3.8, 4) is 6.07 Å². The summed E-state index contributed by atoms with van der Waals surface area (Å²) in [6.45, 7) is 2.78. The number of carboxylic acids is 1. The average molecular weight is 275 g/mol. The van der Waals surface area contributed by atoms with Crippen LogP contribution in [0.5, 0.6) is 0 Å². The van der Waals surface area contributed by atoms with Crippen molar-refractivity contribution >= 4 is 16.0 Å². The number of hydrogen-bond acceptors (Lipinski definition) is 5. The molecule has 1 rings (SSSR count). The van der Waals surface area contributed by atoms with E-state index in [0.29, 0.717) is 26.1 Å². The van der Waals surface area contributed by atoms with E-state index >= 15 is 0 Å². The first-order chi connectivity index (χ1) is 8.37. The maximum Gasteiger partial charge on any atom is 0.317 e. The van der Waals surface area contributed by atoms with Crippen LogP contribution in [0.1, 0.15) is 13.3 Å². The van der Waals surface area contributed by atoms with Crippen molar-refractivity contribution < 1.29 is 18.3 Å². The van der Waals surface area contributed by atoms with Gasteiger partial charge in [0.1, 0.15) is 0 Å². The summed E-state index contributed by atoms with van der Waals surface area (Å²) in [5.74, 6) is -0.920. The van der Waals surface area contributed by atoms with Crippen LogP contribution in [-0.2, 0) is 14.8 Å². The monoisotopic (exact) mass is 275 g/mol. The van der Waals surface area contributed by atoms with Crippen LogP contribution in [0.2, 0.25) is 0 Å². The Morgan fingerprint density at radius 3 is 2.61 bits per heavy atom. The molecule has 1 heterocycles. The molecule has 0 aromatic rings. The SMILES string of the molecule is CC(C#N)S(=O)(=O)N1CCCN(CC(=O)O)CC1. The first-order valence-corrected chi connectivity index (χ1v) is 7.21. The lowest BCUT2D eigenvalue weighted by Gasteiger charge is -2.21. The third-order valence-corrected chi connectivity index (χ3v) is 4.98. The Morgan fingerprint density at radius 2 is 2.06 bits per heavy atom. The molecule has 1 saturated heterocycles. The largest absolute Gasteiger partial charge is 0.480 e. The Bertz CT molecular complexity index is 443. The van der Waals surface area contributed by atoms with Gasteiger partial charge in [0.15, 0.2) is 5.25 Å². The lowest BCUT2D eigenvalue weighted by atomic mass is 10.4. The van der Waals surface area contributed by atoms with Crippen molar-refractivity contribution in [3.63, 3.8) is 0 Å². The minimum absolute atomic E-state index is 0.0817. The molecule has 0 aromatic heterocycles. The van der Waals surface area contributed by atoms with Crippen LogP contribution in [0.15, 0.2) is 0 Å². The Hall–Kier alpha value is -1.17. The molecule has 1 N–H and O–H groups in total. The van der Waals surface area contributed by atoms with E-state index in [1.807, 2.05) is 0 Å². The zero-order chi connectivity index (χ0) is 13.8. The fourth-order valence-corrected chi connectivity index (χ4v) is 3.14. The minimum Gasteiger partial charge on any atom is -0.480 e. The molecular formula is C10H17N3O4S. The van der Waals surface area contributed by atoms with Gasteiger partial charge in [-0.1, -0.05) is 0 Å². The van der Waals surface area contributed by atoms with Gasteiger partial charge in [-0.05, 0) is 13.3 Å². The molecular weight excluding hydrogens is 258 g/mol. The van der Waals surface area contributed by atoms with E-state index in [2.05, 4.69) is 0 Å². The zero-order valence-corrected chi connectivity index (χ0v) is 11.1. The van der Waals surface area contributed by atoms with Crippen molar-refractivity contribution in [1.82, 2.24) is 9.21 Å². The summed E-state index contributed by atoms with van der Waals surface area (Å²) in [6, 6.07) is 1.73. The summed E-state index contributed by atoms with van der Waals surface area (Å²) >= 11 is 0. The van der Waals surface area contributed by atoms with Crippen LogP contribution in [0.4, 0.5) is 0 Å². The normalized spacial score (nSPS) is 20.9. The molecule has 0 aliphatic carbocycles. The number of sulfonamides is 1. The second kappa shape index (κ2) is 6.13. The molecule has 1 aliphatic heterocycles. The second-order valence-corrected chi connectivity index (χ2v) is 6.49. The van der Waals surface area contributed by atoms with E-state index in [1.165, 1.54) is 11.2 Å². The van der Waals surface area contributed by atoms with Gasteiger partial charge in [-0.15, -0.1) is 0 Å². The van der Waals surface area contributed by atoms with Gasteiger partial charge in [-0.2, -0.15) is 9.57 Å². The van der Waals surface area contributed by atoms with Gasteiger partial charge < -0.3 is 5.11 Å². The van der Waals surface area contributed by atoms with Crippen LogP contribution < -0.4 is 0 Å². The molecule has 0 spiro atoms. The Balaban J connectivity index is 2.68. The number of nitrogens with zero attached hydrogens (tertiary/aromatic N) is 3. The van der Waals surface area contributed by atoms with Crippen molar-refractivity contribution in [2.45, 2.75) is 18.6 Å². The lowest BCUT2D eigenvalue weighted by Crippen LogP contribution is -2.40. The quantitative estimate of drug-likeness (QED) is 0.729. The standard InChI is InChI=1S/C10H17N3O4S/c1-9(7-11)18(16,17)13-4-2-3-12(5-6-13)8-10(14)15/h9H,2-6,8H2,1H3,(H,14,15). The van der Waals surface area contributed by atoms with Crippen molar-refractivity contribution in [3.05, 3.63) is 0 Å². The molecule has 0 saturated carbocycles. The molecule has 18 heavy (non-hydrogen) atoms. The van der Waals surface area contributed by atoms with Crippen LogP contribution in [0.3, 0.4) is 0 Å². The number of aliphatic carboxylic acids is 1. The van der Waals surface area contributed by atoms with Gasteiger partial charge in [0, 0.05) is 26.2 Å². The zero-order valence-electron chi connectivity index (χ0n) is 10.2. The Kier molecular flexibility index (Phi) is 5.07. The number of carboxylic acid groups (broad SMARTS) is 1. The third kappa shape index (κ3) is 3.66. The van der Waals surface area contributed by atoms with E-state index in [4.69, 9.17) is 10.4 Å². The highest BCUT2D eigenvalue weighted by Crippen LogP contribution is 2.12. The van der Waals surface area contributed by atoms with Gasteiger partial charge in [-0.3, -0.25) is 9.69 Å². The summed E-state index contributed by atoms with van der Waals surface area (Å²) in [5.41, 5.74) is 0. The first-order valence-electron chi connectivity index (χ1n) is 5.70.